The molecule has 3 amide bonds. The van der Waals surface area contributed by atoms with Crippen molar-refractivity contribution in [3.05, 3.63) is 104 Å². The number of thioether (sulfide) groups is 1. The zero-order valence-electron chi connectivity index (χ0n) is 27.3. The molecule has 0 spiro atoms. The normalized spacial score (nSPS) is 19.2. The second kappa shape index (κ2) is 14.6. The number of halogens is 1. The van der Waals surface area contributed by atoms with Gasteiger partial charge in [0.15, 0.2) is 11.3 Å². The number of nitrogens with zero attached hydrogens (tertiary/aromatic N) is 2. The third-order valence-corrected chi connectivity index (χ3v) is 10.2. The Kier molecular flexibility index (Phi) is 10.7. The van der Waals surface area contributed by atoms with E-state index >= 15 is 0 Å². The molecule has 18 heteroatoms. The van der Waals surface area contributed by atoms with Crippen molar-refractivity contribution in [2.75, 3.05) is 7.11 Å². The van der Waals surface area contributed by atoms with Crippen molar-refractivity contribution >= 4 is 64.2 Å². The first-order valence-electron chi connectivity index (χ1n) is 14.9. The summed E-state index contributed by atoms with van der Waals surface area (Å²) in [5.41, 5.74) is -1.32. The maximum atomic E-state index is 13.7. The molecule has 3 heterocycles. The van der Waals surface area contributed by atoms with Crippen LogP contribution in [-0.4, -0.2) is 68.6 Å². The van der Waals surface area contributed by atoms with E-state index in [9.17, 15) is 38.7 Å². The van der Waals surface area contributed by atoms with Crippen molar-refractivity contribution in [2.24, 2.45) is 0 Å². The van der Waals surface area contributed by atoms with Gasteiger partial charge in [0, 0.05) is 4.75 Å². The van der Waals surface area contributed by atoms with Gasteiger partial charge in [-0.05, 0) is 43.7 Å². The molecule has 3 aromatic carbocycles. The zero-order valence-corrected chi connectivity index (χ0v) is 30.9. The minimum atomic E-state index is -1.40. The Morgan fingerprint density at radius 2 is 1.69 bits per heavy atom. The van der Waals surface area contributed by atoms with Gasteiger partial charge in [-0.15, -0.1) is 11.8 Å². The Morgan fingerprint density at radius 1 is 1.00 bits per heavy atom. The first-order valence-corrected chi connectivity index (χ1v) is 16.1. The molecule has 2 fully saturated rings. The van der Waals surface area contributed by atoms with Crippen LogP contribution >= 0.6 is 23.4 Å². The number of rotatable bonds is 8. The first kappa shape index (κ1) is 37.6. The summed E-state index contributed by atoms with van der Waals surface area (Å²) in [6, 6.07) is 12.5. The summed E-state index contributed by atoms with van der Waals surface area (Å²) in [7, 11) is 1.07. The van der Waals surface area contributed by atoms with Crippen molar-refractivity contribution in [1.29, 1.82) is 0 Å². The van der Waals surface area contributed by atoms with E-state index in [4.69, 9.17) is 20.8 Å². The smallest absolute Gasteiger partial charge is 0.548 e. The molecule has 4 atom stereocenters. The average Bonchev–Trinajstić information content (AvgIpc) is 3.34. The molecule has 2 N–H and O–H groups in total. The largest absolute Gasteiger partial charge is 1.00 e. The number of para-hydroxylation sites is 1. The van der Waals surface area contributed by atoms with E-state index in [1.165, 1.54) is 53.1 Å². The number of β-lactam (4-membered cyclic amide) rings is 1. The molecule has 6 rings (SSSR count). The van der Waals surface area contributed by atoms with Crippen molar-refractivity contribution in [3.63, 3.8) is 0 Å². The molecule has 2 aliphatic rings. The third kappa shape index (κ3) is 6.77. The summed E-state index contributed by atoms with van der Waals surface area (Å²) >= 11 is 7.84. The van der Waals surface area contributed by atoms with Crippen LogP contribution in [0.5, 0.6) is 5.75 Å². The maximum absolute atomic E-state index is 13.7. The van der Waals surface area contributed by atoms with E-state index in [0.29, 0.717) is 10.1 Å². The molecule has 2 aliphatic heterocycles. The van der Waals surface area contributed by atoms with E-state index in [1.54, 1.807) is 44.2 Å². The van der Waals surface area contributed by atoms with Gasteiger partial charge in [0.05, 0.1) is 40.8 Å². The first-order chi connectivity index (χ1) is 23.7. The summed E-state index contributed by atoms with van der Waals surface area (Å²) in [4.78, 5) is 91.8. The number of hydrogen-bond donors (Lipinski definition) is 2. The number of hydrogen-bond acceptors (Lipinski definition) is 12. The van der Waals surface area contributed by atoms with E-state index in [0.717, 1.165) is 7.11 Å². The number of methoxy groups -OCH3 is 1. The standard InChI is InChI=1S/C33H27ClN4O11S.Na/c1-33(2)24(30(43)44)38-28(42)22(29(38)50-33)36-26(40)21(15-9-5-4-6-10-15)35-25(39)16-11-7-13-18(20(16)34)37-27(41)17-12-8-14-19(48-32(46)47-3)23(17)49-31(37)45;/h4-14,21-22,24,29H,1-3H3,(H,35,39)(H,36,40)(H,43,44);/q;+1/p-1/t21-,22-,24?,29?;/m1./s1. The van der Waals surface area contributed by atoms with Crippen LogP contribution in [0.3, 0.4) is 0 Å². The monoisotopic (exact) mass is 744 g/mol. The number of amides is 3. The Labute approximate surface area is 319 Å². The fourth-order valence-electron chi connectivity index (χ4n) is 5.93. The molecule has 51 heavy (non-hydrogen) atoms. The molecular weight excluding hydrogens is 719 g/mol. The van der Waals surface area contributed by atoms with Crippen molar-refractivity contribution < 1.29 is 72.5 Å². The van der Waals surface area contributed by atoms with Gasteiger partial charge < -0.3 is 39.3 Å². The molecule has 0 saturated carbocycles. The van der Waals surface area contributed by atoms with Gasteiger partial charge in [0.2, 0.25) is 11.8 Å². The maximum Gasteiger partial charge on any atom is 1.00 e. The number of fused-ring (bicyclic) bond motifs is 2. The minimum absolute atomic E-state index is 0. The quantitative estimate of drug-likeness (QED) is 0.0917. The molecule has 1 aromatic heterocycles. The van der Waals surface area contributed by atoms with Gasteiger partial charge >= 0.3 is 41.5 Å². The number of benzene rings is 3. The topological polar surface area (TPSA) is 206 Å². The number of ether oxygens (including phenoxy) is 2. The molecule has 0 aliphatic carbocycles. The van der Waals surface area contributed by atoms with Gasteiger partial charge in [0.1, 0.15) is 17.5 Å². The molecule has 2 saturated heterocycles. The molecule has 2 unspecified atom stereocenters. The molecule has 0 bridgehead atoms. The molecule has 4 aromatic rings. The number of aliphatic carboxylic acids is 1. The van der Waals surface area contributed by atoms with Crippen molar-refractivity contribution in [3.8, 4) is 11.4 Å². The molecule has 15 nitrogen and oxygen atoms in total. The number of nitrogens with one attached hydrogen (secondary N) is 2. The minimum Gasteiger partial charge on any atom is -0.548 e. The number of aromatic nitrogens is 1. The predicted octanol–water partition coefficient (Wildman–Crippen LogP) is -1.49. The van der Waals surface area contributed by atoms with Crippen molar-refractivity contribution in [2.45, 2.75) is 42.1 Å². The fraction of sp³-hybridized carbons (Fsp3) is 0.242. The van der Waals surface area contributed by atoms with E-state index in [1.807, 2.05) is 0 Å². The number of carbonyl (C=O) groups excluding carboxylic acids is 5. The summed E-state index contributed by atoms with van der Waals surface area (Å²) in [6.45, 7) is 3.33. The van der Waals surface area contributed by atoms with Crippen LogP contribution in [0, 0.1) is 0 Å². The van der Waals surface area contributed by atoms with Crippen LogP contribution in [0.1, 0.15) is 35.8 Å². The average molecular weight is 745 g/mol. The summed E-state index contributed by atoms with van der Waals surface area (Å²) in [5, 5.41) is 15.9. The van der Waals surface area contributed by atoms with E-state index < -0.39 is 69.4 Å². The number of carbonyl (C=O) groups is 5. The van der Waals surface area contributed by atoms with Crippen molar-refractivity contribution in [1.82, 2.24) is 20.1 Å². The number of carboxylic acids is 1. The van der Waals surface area contributed by atoms with Gasteiger partial charge in [0.25, 0.3) is 11.5 Å². The summed E-state index contributed by atoms with van der Waals surface area (Å²) in [6.07, 6.45) is -1.11. The summed E-state index contributed by atoms with van der Waals surface area (Å²) < 4.78 is 14.5. The number of carboxylic acid groups (broad SMARTS) is 1. The second-order valence-electron chi connectivity index (χ2n) is 11.7. The van der Waals surface area contributed by atoms with Crippen LogP contribution < -0.4 is 61.3 Å². The third-order valence-electron chi connectivity index (χ3n) is 8.24. The van der Waals surface area contributed by atoms with Crippen LogP contribution in [-0.2, 0) is 19.1 Å². The Morgan fingerprint density at radius 3 is 2.35 bits per heavy atom. The second-order valence-corrected chi connectivity index (χ2v) is 13.9. The fourth-order valence-corrected chi connectivity index (χ4v) is 7.85. The van der Waals surface area contributed by atoms with Crippen LogP contribution in [0.4, 0.5) is 4.79 Å². The van der Waals surface area contributed by atoms with E-state index in [-0.39, 0.29) is 62.5 Å². The molecule has 258 valence electrons. The van der Waals surface area contributed by atoms with Crippen LogP contribution in [0.2, 0.25) is 5.02 Å². The van der Waals surface area contributed by atoms with Gasteiger partial charge in [-0.25, -0.2) is 14.2 Å². The Bertz CT molecular complexity index is 2210. The van der Waals surface area contributed by atoms with Gasteiger partial charge in [-0.1, -0.05) is 54.1 Å². The van der Waals surface area contributed by atoms with Gasteiger partial charge in [-0.3, -0.25) is 19.2 Å². The SMILES string of the molecule is COC(=O)Oc1cccc2c(=O)n(-c3cccc(C(=O)N[C@@H](C(=O)N[C@@H]4C(=O)N5C4SC(C)(C)C5C(=O)[O-])c4ccccc4)c3Cl)c(=O)oc12.[Na+]. The summed E-state index contributed by atoms with van der Waals surface area (Å²) in [5.74, 6) is -5.10. The predicted molar refractivity (Wildman–Crippen MR) is 176 cm³/mol. The zero-order chi connectivity index (χ0) is 36.1. The Hall–Kier alpha value is -4.61. The van der Waals surface area contributed by atoms with Gasteiger partial charge in [-0.2, -0.15) is 0 Å². The Balaban J connectivity index is 0.00000504. The van der Waals surface area contributed by atoms with E-state index in [2.05, 4.69) is 15.4 Å². The van der Waals surface area contributed by atoms with Crippen LogP contribution in [0.25, 0.3) is 16.7 Å². The molecular formula is C33H26ClN4NaO11S. The van der Waals surface area contributed by atoms with Crippen LogP contribution in [0.15, 0.2) is 80.7 Å². The molecule has 0 radical (unpaired) electrons.